The van der Waals surface area contributed by atoms with Crippen molar-refractivity contribution in [3.8, 4) is 17.2 Å². The highest BCUT2D eigenvalue weighted by atomic mass is 79.9. The molecule has 0 unspecified atom stereocenters. The summed E-state index contributed by atoms with van der Waals surface area (Å²) in [7, 11) is 0. The predicted molar refractivity (Wildman–Crippen MR) is 195 cm³/mol. The van der Waals surface area contributed by atoms with Gasteiger partial charge in [0.1, 0.15) is 35.5 Å². The fourth-order valence-electron chi connectivity index (χ4n) is 8.95. The van der Waals surface area contributed by atoms with Crippen LogP contribution in [-0.4, -0.2) is 84.4 Å². The maximum atomic E-state index is 12.0. The van der Waals surface area contributed by atoms with Gasteiger partial charge in [-0.05, 0) is 55.0 Å². The van der Waals surface area contributed by atoms with Gasteiger partial charge < -0.3 is 61.6 Å². The van der Waals surface area contributed by atoms with Crippen molar-refractivity contribution in [2.45, 2.75) is 75.7 Å². The van der Waals surface area contributed by atoms with E-state index in [1.807, 2.05) is 49.4 Å². The molecular weight excluding hydrogens is 726 g/mol. The van der Waals surface area contributed by atoms with Gasteiger partial charge >= 0.3 is 0 Å². The number of benzene rings is 3. The van der Waals surface area contributed by atoms with Gasteiger partial charge in [0.05, 0.1) is 44.6 Å². The molecule has 0 spiro atoms. The van der Waals surface area contributed by atoms with Crippen LogP contribution < -0.4 is 37.1 Å². The lowest BCUT2D eigenvalue weighted by atomic mass is 9.80. The van der Waals surface area contributed by atoms with Crippen LogP contribution in [0.25, 0.3) is 0 Å². The number of amides is 1. The maximum Gasteiger partial charge on any atom is 0.262 e. The molecule has 2 bridgehead atoms. The Morgan fingerprint density at radius 1 is 1.04 bits per heavy atom. The van der Waals surface area contributed by atoms with Crippen LogP contribution in [-0.2, 0) is 15.1 Å². The molecule has 1 amide bonds. The lowest BCUT2D eigenvalue weighted by Crippen LogP contribution is -3.00. The Bertz CT molecular complexity index is 1630. The third kappa shape index (κ3) is 8.61. The summed E-state index contributed by atoms with van der Waals surface area (Å²) in [5.41, 5.74) is 1.91. The summed E-state index contributed by atoms with van der Waals surface area (Å²) in [6, 6.07) is 21.1. The van der Waals surface area contributed by atoms with E-state index >= 15 is 0 Å². The summed E-state index contributed by atoms with van der Waals surface area (Å²) in [6.07, 6.45) is 7.08. The van der Waals surface area contributed by atoms with Crippen LogP contribution in [0.5, 0.6) is 17.2 Å². The Hall–Kier alpha value is -3.19. The Kier molecular flexibility index (Phi) is 12.5. The molecule has 3 aromatic carbocycles. The van der Waals surface area contributed by atoms with Gasteiger partial charge in [0.2, 0.25) is 0 Å². The number of fused-ring (bicyclic) bond motifs is 4. The molecule has 282 valence electrons. The van der Waals surface area contributed by atoms with E-state index in [0.29, 0.717) is 36.1 Å². The first-order chi connectivity index (χ1) is 24.7. The molecule has 3 saturated heterocycles. The zero-order valence-corrected chi connectivity index (χ0v) is 31.7. The molecule has 0 radical (unpaired) electrons. The topological polar surface area (TPSA) is 130 Å². The van der Waals surface area contributed by atoms with E-state index in [2.05, 4.69) is 22.8 Å². The third-order valence-electron chi connectivity index (χ3n) is 12.0. The standard InChI is InChI=1S/C41H53N3O7.BrH/c1-28(42-24-37(46)35-22-33(45)23-36-40(35)50-26-39(47)43-36)29-12-14-34(15-13-29)49-21-7-18-44-19-16-30(17-20-44)38(25-44)51-27-41(48,32-10-5-6-11-32)31-8-3-2-4-9-31;/h2-4,8-9,12-15,22-23,28,30,32,37-38,42,46,48H,5-7,10-11,16-21,24-27H2,1H3,(H-,43,45,47);1H/t28-,30?,37-,38-,41+,44?;/m0./s1. The van der Waals surface area contributed by atoms with Crippen molar-refractivity contribution in [3.63, 3.8) is 0 Å². The van der Waals surface area contributed by atoms with Gasteiger partial charge in [-0.15, -0.1) is 0 Å². The second-order valence-corrected chi connectivity index (χ2v) is 15.3. The molecule has 4 aliphatic heterocycles. The minimum absolute atomic E-state index is 0. The average molecular weight is 781 g/mol. The molecule has 4 heterocycles. The number of hydrogen-bond donors (Lipinski definition) is 5. The largest absolute Gasteiger partial charge is 1.00 e. The van der Waals surface area contributed by atoms with Crippen molar-refractivity contribution >= 4 is 11.6 Å². The molecule has 3 aromatic rings. The number of hydrogen-bond acceptors (Lipinski definition) is 8. The average Bonchev–Trinajstić information content (AvgIpc) is 3.71. The zero-order chi connectivity index (χ0) is 35.4. The van der Waals surface area contributed by atoms with Gasteiger partial charge in [-0.3, -0.25) is 4.79 Å². The van der Waals surface area contributed by atoms with E-state index in [0.717, 1.165) is 53.7 Å². The molecule has 0 aromatic heterocycles. The van der Waals surface area contributed by atoms with Gasteiger partial charge in [0, 0.05) is 49.4 Å². The monoisotopic (exact) mass is 779 g/mol. The molecular formula is C41H54BrN3O7. The fourth-order valence-corrected chi connectivity index (χ4v) is 8.95. The summed E-state index contributed by atoms with van der Waals surface area (Å²) in [6.45, 7) is 7.64. The zero-order valence-electron chi connectivity index (χ0n) is 30.1. The van der Waals surface area contributed by atoms with E-state index in [1.54, 1.807) is 0 Å². The Morgan fingerprint density at radius 2 is 1.77 bits per heavy atom. The number of aromatic hydroxyl groups is 1. The van der Waals surface area contributed by atoms with Crippen molar-refractivity contribution in [3.05, 3.63) is 83.4 Å². The van der Waals surface area contributed by atoms with E-state index < -0.39 is 11.7 Å². The highest BCUT2D eigenvalue weighted by Gasteiger charge is 2.48. The lowest BCUT2D eigenvalue weighted by Gasteiger charge is -2.53. The van der Waals surface area contributed by atoms with E-state index in [1.165, 1.54) is 50.9 Å². The number of aliphatic hydroxyl groups is 2. The fraction of sp³-hybridized carbons (Fsp3) is 0.537. The van der Waals surface area contributed by atoms with Crippen molar-refractivity contribution in [1.29, 1.82) is 0 Å². The highest BCUT2D eigenvalue weighted by Crippen LogP contribution is 2.43. The number of nitrogens with zero attached hydrogens (tertiary/aromatic N) is 1. The molecule has 11 heteroatoms. The molecule has 5 N–H and O–H groups in total. The number of ether oxygens (including phenoxy) is 3. The summed E-state index contributed by atoms with van der Waals surface area (Å²) >= 11 is 0. The predicted octanol–water partition coefficient (Wildman–Crippen LogP) is 2.58. The van der Waals surface area contributed by atoms with Crippen molar-refractivity contribution in [1.82, 2.24) is 5.32 Å². The Labute approximate surface area is 317 Å². The first kappa shape index (κ1) is 38.5. The van der Waals surface area contributed by atoms with Gasteiger partial charge in [0.15, 0.2) is 6.61 Å². The van der Waals surface area contributed by atoms with Crippen LogP contribution in [0, 0.1) is 11.8 Å². The number of rotatable bonds is 15. The first-order valence-electron chi connectivity index (χ1n) is 18.9. The van der Waals surface area contributed by atoms with E-state index in [-0.39, 0.29) is 59.9 Å². The van der Waals surface area contributed by atoms with Crippen LogP contribution in [0.1, 0.15) is 80.7 Å². The smallest absolute Gasteiger partial charge is 0.262 e. The number of carbonyl (C=O) groups excluding carboxylic acids is 1. The van der Waals surface area contributed by atoms with E-state index in [4.69, 9.17) is 14.2 Å². The van der Waals surface area contributed by atoms with Crippen molar-refractivity contribution in [2.24, 2.45) is 11.8 Å². The first-order valence-corrected chi connectivity index (χ1v) is 18.9. The minimum atomic E-state index is -0.945. The summed E-state index contributed by atoms with van der Waals surface area (Å²) < 4.78 is 19.5. The molecule has 4 atom stereocenters. The number of anilines is 1. The molecule has 1 aliphatic carbocycles. The van der Waals surface area contributed by atoms with E-state index in [9.17, 15) is 20.1 Å². The SMILES string of the molecule is C[C@H](NC[C@H](O)c1cc(O)cc2c1OCC(=O)N2)c1ccc(OCCC[N+]23CCC(CC2)[C@@H](OC[C@@](O)(c2ccccc2)C2CCCC2)C3)cc1.[Br-]. The third-order valence-corrected chi connectivity index (χ3v) is 12.0. The Balaban J connectivity index is 0.00000464. The van der Waals surface area contributed by atoms with Crippen LogP contribution in [0.15, 0.2) is 66.7 Å². The number of aliphatic hydroxyl groups excluding tert-OH is 1. The molecule has 8 rings (SSSR count). The summed E-state index contributed by atoms with van der Waals surface area (Å²) in [5, 5.41) is 39.1. The molecule has 52 heavy (non-hydrogen) atoms. The number of carbonyl (C=O) groups is 1. The number of halogens is 1. The van der Waals surface area contributed by atoms with Crippen LogP contribution >= 0.6 is 0 Å². The normalized spacial score (nSPS) is 24.9. The Morgan fingerprint density at radius 3 is 2.50 bits per heavy atom. The number of quaternary nitrogens is 1. The van der Waals surface area contributed by atoms with Gasteiger partial charge in [-0.2, -0.15) is 0 Å². The minimum Gasteiger partial charge on any atom is -1.00 e. The molecule has 10 nitrogen and oxygen atoms in total. The van der Waals surface area contributed by atoms with Crippen LogP contribution in [0.3, 0.4) is 0 Å². The number of nitrogens with one attached hydrogen (secondary N) is 2. The van der Waals surface area contributed by atoms with Crippen LogP contribution in [0.4, 0.5) is 5.69 Å². The molecule has 1 saturated carbocycles. The second-order valence-electron chi connectivity index (χ2n) is 15.3. The number of phenolic OH excluding ortho intramolecular Hbond substituents is 1. The quantitative estimate of drug-likeness (QED) is 0.118. The lowest BCUT2D eigenvalue weighted by molar-refractivity contribution is -0.946. The van der Waals surface area contributed by atoms with Crippen LogP contribution in [0.2, 0.25) is 0 Å². The van der Waals surface area contributed by atoms with Gasteiger partial charge in [0.25, 0.3) is 5.91 Å². The summed E-state index contributed by atoms with van der Waals surface area (Å²) in [5.74, 6) is 1.70. The van der Waals surface area contributed by atoms with Crippen molar-refractivity contribution < 1.29 is 55.8 Å². The van der Waals surface area contributed by atoms with Gasteiger partial charge in [-0.1, -0.05) is 55.3 Å². The summed E-state index contributed by atoms with van der Waals surface area (Å²) in [4.78, 5) is 11.7. The second kappa shape index (κ2) is 16.9. The molecule has 4 fully saturated rings. The van der Waals surface area contributed by atoms with Gasteiger partial charge in [-0.25, -0.2) is 0 Å². The number of phenols is 1. The number of piperidine rings is 3. The van der Waals surface area contributed by atoms with Crippen molar-refractivity contribution in [2.75, 3.05) is 57.9 Å². The maximum absolute atomic E-state index is 12.0. The highest BCUT2D eigenvalue weighted by molar-refractivity contribution is 5.96. The molecule has 5 aliphatic rings.